The largest absolute Gasteiger partial charge is 0.331 e. The van der Waals surface area contributed by atoms with E-state index in [1.54, 1.807) is 6.92 Å². The van der Waals surface area contributed by atoms with Crippen molar-refractivity contribution in [3.63, 3.8) is 0 Å². The standard InChI is InChI=1S/C16H20ClNO/c1-9(2)8-18-15-11(4)10(3)6-7-13(15)14(12(5)19)16(18)17/h6-7,9H,8H2,1-5H3. The number of benzene rings is 1. The molecule has 2 nitrogen and oxygen atoms in total. The summed E-state index contributed by atoms with van der Waals surface area (Å²) in [7, 11) is 0. The molecule has 0 N–H and O–H groups in total. The molecule has 0 spiro atoms. The Hall–Kier alpha value is -1.28. The van der Waals surface area contributed by atoms with Crippen LogP contribution in [0.1, 0.15) is 42.3 Å². The predicted octanol–water partition coefficient (Wildman–Crippen LogP) is 4.77. The lowest BCUT2D eigenvalue weighted by molar-refractivity contribution is 0.101. The molecule has 19 heavy (non-hydrogen) atoms. The second kappa shape index (κ2) is 5.01. The van der Waals surface area contributed by atoms with Crippen molar-refractivity contribution in [2.24, 2.45) is 5.92 Å². The minimum atomic E-state index is 0.0285. The molecule has 0 unspecified atom stereocenters. The molecule has 2 rings (SSSR count). The van der Waals surface area contributed by atoms with Gasteiger partial charge in [0.1, 0.15) is 5.15 Å². The lowest BCUT2D eigenvalue weighted by Crippen LogP contribution is -2.05. The summed E-state index contributed by atoms with van der Waals surface area (Å²) < 4.78 is 2.08. The molecule has 0 aliphatic rings. The monoisotopic (exact) mass is 277 g/mol. The van der Waals surface area contributed by atoms with Crippen molar-refractivity contribution < 1.29 is 4.79 Å². The number of fused-ring (bicyclic) bond motifs is 1. The SMILES string of the molecule is CC(=O)c1c(Cl)n(CC(C)C)c2c(C)c(C)ccc12. The average molecular weight is 278 g/mol. The Kier molecular flexibility index (Phi) is 3.73. The van der Waals surface area contributed by atoms with E-state index < -0.39 is 0 Å². The van der Waals surface area contributed by atoms with Crippen LogP contribution >= 0.6 is 11.6 Å². The molecule has 1 heterocycles. The van der Waals surface area contributed by atoms with Crippen LogP contribution in [0.2, 0.25) is 5.15 Å². The third-order valence-electron chi connectivity index (χ3n) is 3.58. The number of ketones is 1. The van der Waals surface area contributed by atoms with Crippen LogP contribution in [0.25, 0.3) is 10.9 Å². The van der Waals surface area contributed by atoms with Crippen LogP contribution in [0, 0.1) is 19.8 Å². The highest BCUT2D eigenvalue weighted by molar-refractivity contribution is 6.35. The zero-order chi connectivity index (χ0) is 14.3. The van der Waals surface area contributed by atoms with Gasteiger partial charge in [0.25, 0.3) is 0 Å². The number of Topliss-reactive ketones (excluding diaryl/α,β-unsaturated/α-hetero) is 1. The second-order valence-electron chi connectivity index (χ2n) is 5.63. The molecule has 0 radical (unpaired) electrons. The first-order valence-electron chi connectivity index (χ1n) is 6.63. The molecule has 0 atom stereocenters. The van der Waals surface area contributed by atoms with Gasteiger partial charge in [-0.15, -0.1) is 0 Å². The van der Waals surface area contributed by atoms with Crippen molar-refractivity contribution in [3.05, 3.63) is 34.0 Å². The zero-order valence-electron chi connectivity index (χ0n) is 12.2. The smallest absolute Gasteiger partial charge is 0.163 e. The minimum Gasteiger partial charge on any atom is -0.331 e. The van der Waals surface area contributed by atoms with Crippen LogP contribution in [0.3, 0.4) is 0 Å². The number of nitrogens with zero attached hydrogens (tertiary/aromatic N) is 1. The number of aryl methyl sites for hydroxylation is 2. The summed E-state index contributed by atoms with van der Waals surface area (Å²) in [4.78, 5) is 11.9. The minimum absolute atomic E-state index is 0.0285. The van der Waals surface area contributed by atoms with Crippen LogP contribution in [0.4, 0.5) is 0 Å². The van der Waals surface area contributed by atoms with Gasteiger partial charge in [0.2, 0.25) is 0 Å². The van der Waals surface area contributed by atoms with E-state index in [9.17, 15) is 4.79 Å². The van der Waals surface area contributed by atoms with Crippen molar-refractivity contribution in [2.45, 2.75) is 41.2 Å². The summed E-state index contributed by atoms with van der Waals surface area (Å²) in [5.41, 5.74) is 4.18. The Morgan fingerprint density at radius 2 is 1.95 bits per heavy atom. The molecule has 0 aliphatic heterocycles. The van der Waals surface area contributed by atoms with Gasteiger partial charge in [0, 0.05) is 11.9 Å². The van der Waals surface area contributed by atoms with Crippen LogP contribution in [-0.4, -0.2) is 10.4 Å². The molecule has 1 aromatic carbocycles. The lowest BCUT2D eigenvalue weighted by Gasteiger charge is -2.12. The average Bonchev–Trinajstić information content (AvgIpc) is 2.57. The number of hydrogen-bond donors (Lipinski definition) is 0. The number of carbonyl (C=O) groups is 1. The van der Waals surface area contributed by atoms with E-state index in [1.807, 2.05) is 6.07 Å². The highest BCUT2D eigenvalue weighted by atomic mass is 35.5. The topological polar surface area (TPSA) is 22.0 Å². The molecule has 0 saturated carbocycles. The number of halogens is 1. The van der Waals surface area contributed by atoms with E-state index in [4.69, 9.17) is 11.6 Å². The van der Waals surface area contributed by atoms with Crippen molar-refractivity contribution in [2.75, 3.05) is 0 Å². The fourth-order valence-corrected chi connectivity index (χ4v) is 2.95. The maximum Gasteiger partial charge on any atom is 0.163 e. The van der Waals surface area contributed by atoms with E-state index in [1.165, 1.54) is 11.1 Å². The van der Waals surface area contributed by atoms with Crippen LogP contribution in [-0.2, 0) is 6.54 Å². The third-order valence-corrected chi connectivity index (χ3v) is 3.98. The van der Waals surface area contributed by atoms with Gasteiger partial charge in [-0.1, -0.05) is 37.6 Å². The molecule has 0 amide bonds. The van der Waals surface area contributed by atoms with E-state index >= 15 is 0 Å². The summed E-state index contributed by atoms with van der Waals surface area (Å²) >= 11 is 6.46. The van der Waals surface area contributed by atoms with Crippen molar-refractivity contribution in [1.29, 1.82) is 0 Å². The molecule has 0 aliphatic carbocycles. The second-order valence-corrected chi connectivity index (χ2v) is 5.99. The fraction of sp³-hybridized carbons (Fsp3) is 0.438. The summed E-state index contributed by atoms with van der Waals surface area (Å²) in [5, 5.41) is 1.55. The zero-order valence-corrected chi connectivity index (χ0v) is 12.9. The van der Waals surface area contributed by atoms with Gasteiger partial charge >= 0.3 is 0 Å². The summed E-state index contributed by atoms with van der Waals surface area (Å²) in [6.45, 7) is 10.9. The molecule has 0 bridgehead atoms. The van der Waals surface area contributed by atoms with Gasteiger partial charge in [0.15, 0.2) is 5.78 Å². The van der Waals surface area contributed by atoms with Crippen molar-refractivity contribution >= 4 is 28.3 Å². The summed E-state index contributed by atoms with van der Waals surface area (Å²) in [5.74, 6) is 0.508. The van der Waals surface area contributed by atoms with Gasteiger partial charge in [-0.3, -0.25) is 4.79 Å². The third kappa shape index (κ3) is 2.30. The molecule has 0 fully saturated rings. The van der Waals surface area contributed by atoms with Crippen LogP contribution < -0.4 is 0 Å². The number of hydrogen-bond acceptors (Lipinski definition) is 1. The molecule has 0 saturated heterocycles. The van der Waals surface area contributed by atoms with Gasteiger partial charge < -0.3 is 4.57 Å². The fourth-order valence-electron chi connectivity index (χ4n) is 2.57. The Labute approximate surface area is 119 Å². The molecular formula is C16H20ClNO. The van der Waals surface area contributed by atoms with Gasteiger partial charge in [-0.25, -0.2) is 0 Å². The van der Waals surface area contributed by atoms with Gasteiger partial charge in [0.05, 0.1) is 11.1 Å². The lowest BCUT2D eigenvalue weighted by atomic mass is 10.0. The molecule has 102 valence electrons. The number of rotatable bonds is 3. The Morgan fingerprint density at radius 1 is 1.32 bits per heavy atom. The highest BCUT2D eigenvalue weighted by Gasteiger charge is 2.21. The number of aromatic nitrogens is 1. The van der Waals surface area contributed by atoms with E-state index in [0.717, 1.165) is 17.4 Å². The summed E-state index contributed by atoms with van der Waals surface area (Å²) in [6.07, 6.45) is 0. The molecule has 1 aromatic heterocycles. The maximum absolute atomic E-state index is 11.9. The first kappa shape index (κ1) is 14.1. The van der Waals surface area contributed by atoms with Crippen molar-refractivity contribution in [1.82, 2.24) is 4.57 Å². The summed E-state index contributed by atoms with van der Waals surface area (Å²) in [6, 6.07) is 4.07. The normalized spacial score (nSPS) is 11.5. The van der Waals surface area contributed by atoms with Crippen molar-refractivity contribution in [3.8, 4) is 0 Å². The molecular weight excluding hydrogens is 258 g/mol. The van der Waals surface area contributed by atoms with Crippen LogP contribution in [0.5, 0.6) is 0 Å². The van der Waals surface area contributed by atoms with Crippen LogP contribution in [0.15, 0.2) is 12.1 Å². The Bertz CT molecular complexity index is 653. The maximum atomic E-state index is 11.9. The molecule has 3 heteroatoms. The highest BCUT2D eigenvalue weighted by Crippen LogP contribution is 2.34. The van der Waals surface area contributed by atoms with E-state index in [2.05, 4.69) is 38.3 Å². The first-order valence-corrected chi connectivity index (χ1v) is 7.01. The number of carbonyl (C=O) groups excluding carboxylic acids is 1. The first-order chi connectivity index (χ1) is 8.84. The Balaban J connectivity index is 2.89. The Morgan fingerprint density at radius 3 is 2.47 bits per heavy atom. The van der Waals surface area contributed by atoms with E-state index in [0.29, 0.717) is 16.6 Å². The quantitative estimate of drug-likeness (QED) is 0.741. The van der Waals surface area contributed by atoms with E-state index in [-0.39, 0.29) is 5.78 Å². The predicted molar refractivity (Wildman–Crippen MR) is 81.3 cm³/mol. The molecule has 2 aromatic rings. The van der Waals surface area contributed by atoms with Gasteiger partial charge in [-0.2, -0.15) is 0 Å². The van der Waals surface area contributed by atoms with Gasteiger partial charge in [-0.05, 0) is 37.8 Å².